The molecule has 1 aromatic carbocycles. The topological polar surface area (TPSA) is 98.7 Å². The summed E-state index contributed by atoms with van der Waals surface area (Å²) in [5, 5.41) is 24.7. The number of carbonyl (C=O) groups is 2. The minimum Gasteiger partial charge on any atom is -0.480 e. The van der Waals surface area contributed by atoms with Crippen LogP contribution in [0.15, 0.2) is 18.2 Å². The fourth-order valence-electron chi connectivity index (χ4n) is 3.92. The summed E-state index contributed by atoms with van der Waals surface area (Å²) in [5.41, 5.74) is 0.335. The van der Waals surface area contributed by atoms with Crippen molar-refractivity contribution in [2.24, 2.45) is 11.8 Å². The Morgan fingerprint density at radius 2 is 1.96 bits per heavy atom. The van der Waals surface area contributed by atoms with Crippen molar-refractivity contribution in [3.8, 4) is 0 Å². The van der Waals surface area contributed by atoms with Gasteiger partial charge in [0.2, 0.25) is 0 Å². The number of nitrogens with one attached hydrogen (secondary N) is 2. The van der Waals surface area contributed by atoms with Crippen LogP contribution in [0.2, 0.25) is 0 Å². The first-order valence-electron chi connectivity index (χ1n) is 8.19. The van der Waals surface area contributed by atoms with E-state index in [4.69, 9.17) is 0 Å². The van der Waals surface area contributed by atoms with E-state index in [1.54, 1.807) is 0 Å². The van der Waals surface area contributed by atoms with Gasteiger partial charge in [0.05, 0.1) is 5.56 Å². The molecule has 1 aromatic rings. The number of anilines is 1. The average Bonchev–Trinajstić information content (AvgIpc) is 2.55. The number of rotatable bonds is 4. The van der Waals surface area contributed by atoms with Crippen molar-refractivity contribution >= 4 is 17.6 Å². The first-order chi connectivity index (χ1) is 11.4. The summed E-state index contributed by atoms with van der Waals surface area (Å²) in [4.78, 5) is 22.5. The summed E-state index contributed by atoms with van der Waals surface area (Å²) < 4.78 is 13.3. The first kappa shape index (κ1) is 16.7. The Kier molecular flexibility index (Phi) is 4.71. The van der Waals surface area contributed by atoms with Gasteiger partial charge in [-0.15, -0.1) is 0 Å². The van der Waals surface area contributed by atoms with Gasteiger partial charge in [0, 0.05) is 11.7 Å². The maximum Gasteiger partial charge on any atom is 0.337 e. The number of aliphatic carboxylic acids is 1. The predicted molar refractivity (Wildman–Crippen MR) is 85.6 cm³/mol. The van der Waals surface area contributed by atoms with Crippen LogP contribution in [-0.4, -0.2) is 40.8 Å². The van der Waals surface area contributed by atoms with Crippen molar-refractivity contribution in [1.29, 1.82) is 0 Å². The molecule has 0 spiro atoms. The molecule has 0 amide bonds. The predicted octanol–water partition coefficient (Wildman–Crippen LogP) is 2.17. The molecule has 4 N–H and O–H groups in total. The van der Waals surface area contributed by atoms with Gasteiger partial charge in [-0.25, -0.2) is 9.18 Å². The molecule has 2 aliphatic rings. The summed E-state index contributed by atoms with van der Waals surface area (Å²) >= 11 is 0. The average molecular weight is 336 g/mol. The standard InChI is InChI=1S/C17H21FN2O4/c18-11-2-4-14(13(7-11)16(21)22)20-12-3-1-9-8-19-15(17(23)24)6-10(9)5-12/h2,4,7,9-10,12,15,19-20H,1,3,5-6,8H2,(H,21,22)(H,23,24)/t9-,10+,12-,15-/m0/s1. The van der Waals surface area contributed by atoms with Crippen LogP contribution < -0.4 is 10.6 Å². The second kappa shape index (κ2) is 6.76. The van der Waals surface area contributed by atoms with Crippen molar-refractivity contribution in [2.45, 2.75) is 37.8 Å². The lowest BCUT2D eigenvalue weighted by Crippen LogP contribution is -2.50. The summed E-state index contributed by atoms with van der Waals surface area (Å²) in [6.45, 7) is 0.714. The minimum atomic E-state index is -1.17. The summed E-state index contributed by atoms with van der Waals surface area (Å²) in [6, 6.07) is 3.27. The normalized spacial score (nSPS) is 29.5. The molecule has 0 unspecified atom stereocenters. The molecule has 4 atom stereocenters. The number of piperidine rings is 1. The Labute approximate surface area is 139 Å². The maximum atomic E-state index is 13.3. The van der Waals surface area contributed by atoms with Crippen LogP contribution in [0.4, 0.5) is 10.1 Å². The van der Waals surface area contributed by atoms with Gasteiger partial charge in [-0.2, -0.15) is 0 Å². The molecule has 1 heterocycles. The second-order valence-corrected chi connectivity index (χ2v) is 6.70. The fraction of sp³-hybridized carbons (Fsp3) is 0.529. The molecule has 7 heteroatoms. The van der Waals surface area contributed by atoms with Crippen LogP contribution in [-0.2, 0) is 4.79 Å². The van der Waals surface area contributed by atoms with Crippen molar-refractivity contribution < 1.29 is 24.2 Å². The molecule has 0 aromatic heterocycles. The lowest BCUT2D eigenvalue weighted by molar-refractivity contribution is -0.141. The summed E-state index contributed by atoms with van der Waals surface area (Å²) in [7, 11) is 0. The van der Waals surface area contributed by atoms with Gasteiger partial charge < -0.3 is 20.8 Å². The Hall–Kier alpha value is -2.15. The molecule has 2 fully saturated rings. The zero-order valence-electron chi connectivity index (χ0n) is 13.2. The van der Waals surface area contributed by atoms with Gasteiger partial charge in [-0.1, -0.05) is 0 Å². The van der Waals surface area contributed by atoms with E-state index in [-0.39, 0.29) is 11.6 Å². The SMILES string of the molecule is O=C(O)c1cc(F)ccc1N[C@H]1CC[C@H]2CN[C@H](C(=O)O)C[C@H]2C1. The molecular weight excluding hydrogens is 315 g/mol. The van der Waals surface area contributed by atoms with E-state index in [2.05, 4.69) is 10.6 Å². The number of aromatic carboxylic acids is 1. The molecule has 0 radical (unpaired) electrons. The van der Waals surface area contributed by atoms with Crippen molar-refractivity contribution in [1.82, 2.24) is 5.32 Å². The lowest BCUT2D eigenvalue weighted by Gasteiger charge is -2.42. The molecule has 130 valence electrons. The van der Waals surface area contributed by atoms with Crippen LogP contribution in [0.5, 0.6) is 0 Å². The summed E-state index contributed by atoms with van der Waals surface area (Å²) in [5.74, 6) is -1.81. The molecule has 24 heavy (non-hydrogen) atoms. The van der Waals surface area contributed by atoms with Crippen LogP contribution in [0, 0.1) is 17.7 Å². The zero-order chi connectivity index (χ0) is 17.3. The van der Waals surface area contributed by atoms with E-state index in [1.807, 2.05) is 0 Å². The Morgan fingerprint density at radius 1 is 1.17 bits per heavy atom. The van der Waals surface area contributed by atoms with Crippen molar-refractivity contribution in [3.63, 3.8) is 0 Å². The molecule has 1 saturated heterocycles. The van der Waals surface area contributed by atoms with E-state index in [1.165, 1.54) is 12.1 Å². The van der Waals surface area contributed by atoms with Crippen molar-refractivity contribution in [2.75, 3.05) is 11.9 Å². The van der Waals surface area contributed by atoms with Crippen molar-refractivity contribution in [3.05, 3.63) is 29.6 Å². The molecular formula is C17H21FN2O4. The minimum absolute atomic E-state index is 0.0716. The van der Waals surface area contributed by atoms with Crippen LogP contribution in [0.1, 0.15) is 36.0 Å². The van der Waals surface area contributed by atoms with Crippen LogP contribution >= 0.6 is 0 Å². The third-order valence-electron chi connectivity index (χ3n) is 5.17. The summed E-state index contributed by atoms with van der Waals surface area (Å²) in [6.07, 6.45) is 3.24. The van der Waals surface area contributed by atoms with E-state index in [9.17, 15) is 24.2 Å². The third kappa shape index (κ3) is 3.51. The van der Waals surface area contributed by atoms with E-state index >= 15 is 0 Å². The third-order valence-corrected chi connectivity index (χ3v) is 5.17. The number of fused-ring (bicyclic) bond motifs is 1. The van der Waals surface area contributed by atoms with Gasteiger partial charge in [-0.3, -0.25) is 4.79 Å². The largest absolute Gasteiger partial charge is 0.480 e. The van der Waals surface area contributed by atoms with Gasteiger partial charge in [0.1, 0.15) is 11.9 Å². The number of carboxylic acid groups (broad SMARTS) is 2. The highest BCUT2D eigenvalue weighted by Gasteiger charge is 2.37. The highest BCUT2D eigenvalue weighted by molar-refractivity contribution is 5.94. The number of carboxylic acids is 2. The van der Waals surface area contributed by atoms with Gasteiger partial charge in [-0.05, 0) is 62.3 Å². The van der Waals surface area contributed by atoms with Crippen LogP contribution in [0.3, 0.4) is 0 Å². The monoisotopic (exact) mass is 336 g/mol. The number of halogens is 1. The quantitative estimate of drug-likeness (QED) is 0.673. The molecule has 1 aliphatic heterocycles. The van der Waals surface area contributed by atoms with E-state index in [0.717, 1.165) is 25.3 Å². The van der Waals surface area contributed by atoms with E-state index < -0.39 is 23.8 Å². The lowest BCUT2D eigenvalue weighted by atomic mass is 9.72. The van der Waals surface area contributed by atoms with Crippen LogP contribution in [0.25, 0.3) is 0 Å². The highest BCUT2D eigenvalue weighted by atomic mass is 19.1. The first-order valence-corrected chi connectivity index (χ1v) is 8.19. The van der Waals surface area contributed by atoms with E-state index in [0.29, 0.717) is 30.5 Å². The molecule has 1 saturated carbocycles. The molecule has 1 aliphatic carbocycles. The number of hydrogen-bond acceptors (Lipinski definition) is 4. The number of benzene rings is 1. The fourth-order valence-corrected chi connectivity index (χ4v) is 3.92. The Morgan fingerprint density at radius 3 is 2.67 bits per heavy atom. The smallest absolute Gasteiger partial charge is 0.337 e. The van der Waals surface area contributed by atoms with Gasteiger partial charge in [0.25, 0.3) is 0 Å². The molecule has 3 rings (SSSR count). The highest BCUT2D eigenvalue weighted by Crippen LogP contribution is 2.37. The number of hydrogen-bond donors (Lipinski definition) is 4. The molecule has 6 nitrogen and oxygen atoms in total. The molecule has 0 bridgehead atoms. The zero-order valence-corrected chi connectivity index (χ0v) is 13.2. The van der Waals surface area contributed by atoms with Gasteiger partial charge in [0.15, 0.2) is 0 Å². The Balaban J connectivity index is 1.69. The van der Waals surface area contributed by atoms with Gasteiger partial charge >= 0.3 is 11.9 Å². The second-order valence-electron chi connectivity index (χ2n) is 6.70. The Bertz CT molecular complexity index is 651. The maximum absolute atomic E-state index is 13.3.